The van der Waals surface area contributed by atoms with Gasteiger partial charge in [-0.15, -0.1) is 10.2 Å². The molecule has 0 atom stereocenters. The summed E-state index contributed by atoms with van der Waals surface area (Å²) in [6, 6.07) is 7.28. The molecule has 0 saturated carbocycles. The molecule has 1 heterocycles. The lowest BCUT2D eigenvalue weighted by Crippen LogP contribution is -2.14. The van der Waals surface area contributed by atoms with Gasteiger partial charge in [-0.25, -0.2) is 8.42 Å². The molecule has 0 unspecified atom stereocenters. The fourth-order valence-corrected chi connectivity index (χ4v) is 3.78. The SMILES string of the molecule is CCS(=O)(=O)c1nnc(NC(=O)c2ccc(C(C)(C)C)cc2)s1. The second-order valence-corrected chi connectivity index (χ2v) is 9.49. The molecule has 1 N–H and O–H groups in total. The van der Waals surface area contributed by atoms with Crippen LogP contribution < -0.4 is 5.32 Å². The van der Waals surface area contributed by atoms with Crippen LogP contribution in [0.15, 0.2) is 28.6 Å². The Bertz CT molecular complexity index is 803. The molecule has 1 aromatic carbocycles. The standard InChI is InChI=1S/C15H19N3O3S2/c1-5-23(20,21)14-18-17-13(22-14)16-12(19)10-6-8-11(9-7-10)15(2,3)4/h6-9H,5H2,1-4H3,(H,16,17,19). The smallest absolute Gasteiger partial charge is 0.257 e. The third-order valence-electron chi connectivity index (χ3n) is 3.29. The van der Waals surface area contributed by atoms with Crippen LogP contribution in [0.1, 0.15) is 43.6 Å². The zero-order chi connectivity index (χ0) is 17.3. The van der Waals surface area contributed by atoms with Crippen molar-refractivity contribution in [1.29, 1.82) is 0 Å². The highest BCUT2D eigenvalue weighted by atomic mass is 32.2. The van der Waals surface area contributed by atoms with E-state index in [4.69, 9.17) is 0 Å². The van der Waals surface area contributed by atoms with Crippen molar-refractivity contribution < 1.29 is 13.2 Å². The minimum absolute atomic E-state index is 0.0116. The molecule has 124 valence electrons. The first-order valence-corrected chi connectivity index (χ1v) is 9.58. The lowest BCUT2D eigenvalue weighted by Gasteiger charge is -2.18. The van der Waals surface area contributed by atoms with E-state index in [-0.39, 0.29) is 26.5 Å². The highest BCUT2D eigenvalue weighted by Gasteiger charge is 2.19. The maximum atomic E-state index is 12.2. The number of nitrogens with zero attached hydrogens (tertiary/aromatic N) is 2. The zero-order valence-corrected chi connectivity index (χ0v) is 15.1. The van der Waals surface area contributed by atoms with E-state index in [1.54, 1.807) is 12.1 Å². The number of anilines is 1. The minimum atomic E-state index is -3.41. The molecule has 6 nitrogen and oxygen atoms in total. The molecule has 0 saturated heterocycles. The zero-order valence-electron chi connectivity index (χ0n) is 13.5. The summed E-state index contributed by atoms with van der Waals surface area (Å²) in [6.07, 6.45) is 0. The van der Waals surface area contributed by atoms with Gasteiger partial charge in [0, 0.05) is 5.56 Å². The van der Waals surface area contributed by atoms with Gasteiger partial charge in [0.05, 0.1) is 5.75 Å². The second-order valence-electron chi connectivity index (χ2n) is 6.06. The number of amides is 1. The van der Waals surface area contributed by atoms with Gasteiger partial charge >= 0.3 is 0 Å². The fraction of sp³-hybridized carbons (Fsp3) is 0.400. The van der Waals surface area contributed by atoms with Crippen LogP contribution in [-0.2, 0) is 15.3 Å². The molecule has 8 heteroatoms. The molecule has 0 spiro atoms. The highest BCUT2D eigenvalue weighted by Crippen LogP contribution is 2.24. The van der Waals surface area contributed by atoms with Gasteiger partial charge in [0.15, 0.2) is 0 Å². The Labute approximate surface area is 139 Å². The van der Waals surface area contributed by atoms with Crippen LogP contribution in [0.25, 0.3) is 0 Å². The molecule has 1 aromatic heterocycles. The predicted molar refractivity (Wildman–Crippen MR) is 90.7 cm³/mol. The summed E-state index contributed by atoms with van der Waals surface area (Å²) < 4.78 is 23.3. The number of benzene rings is 1. The van der Waals surface area contributed by atoms with E-state index in [9.17, 15) is 13.2 Å². The molecule has 0 aliphatic heterocycles. The van der Waals surface area contributed by atoms with Crippen LogP contribution in [0.2, 0.25) is 0 Å². The monoisotopic (exact) mass is 353 g/mol. The van der Waals surface area contributed by atoms with Crippen LogP contribution in [0.3, 0.4) is 0 Å². The molecule has 23 heavy (non-hydrogen) atoms. The fourth-order valence-electron chi connectivity index (χ4n) is 1.80. The molecule has 0 fully saturated rings. The second kappa shape index (κ2) is 6.37. The van der Waals surface area contributed by atoms with E-state index >= 15 is 0 Å². The summed E-state index contributed by atoms with van der Waals surface area (Å²) in [5.41, 5.74) is 1.62. The van der Waals surface area contributed by atoms with E-state index in [1.807, 2.05) is 12.1 Å². The number of sulfone groups is 1. The van der Waals surface area contributed by atoms with Gasteiger partial charge in [0.25, 0.3) is 5.91 Å². The van der Waals surface area contributed by atoms with E-state index in [1.165, 1.54) is 6.92 Å². The number of aromatic nitrogens is 2. The number of rotatable bonds is 4. The minimum Gasteiger partial charge on any atom is -0.296 e. The van der Waals surface area contributed by atoms with Crippen LogP contribution in [0.4, 0.5) is 5.13 Å². The van der Waals surface area contributed by atoms with E-state index in [0.29, 0.717) is 5.56 Å². The third-order valence-corrected chi connectivity index (χ3v) is 6.31. The van der Waals surface area contributed by atoms with Crippen LogP contribution in [0, 0.1) is 0 Å². The Kier molecular flexibility index (Phi) is 4.86. The highest BCUT2D eigenvalue weighted by molar-refractivity contribution is 7.93. The predicted octanol–water partition coefficient (Wildman–Crippen LogP) is 2.88. The number of hydrogen-bond donors (Lipinski definition) is 1. The largest absolute Gasteiger partial charge is 0.296 e. The number of carbonyl (C=O) groups is 1. The summed E-state index contributed by atoms with van der Waals surface area (Å²) >= 11 is 0.853. The van der Waals surface area contributed by atoms with Gasteiger partial charge < -0.3 is 0 Å². The van der Waals surface area contributed by atoms with Gasteiger partial charge in [-0.05, 0) is 23.1 Å². The number of carbonyl (C=O) groups excluding carboxylic acids is 1. The molecule has 2 rings (SSSR count). The van der Waals surface area contributed by atoms with Crippen molar-refractivity contribution in [2.24, 2.45) is 0 Å². The Morgan fingerprint density at radius 3 is 2.30 bits per heavy atom. The molecular weight excluding hydrogens is 334 g/mol. The van der Waals surface area contributed by atoms with E-state index in [0.717, 1.165) is 16.9 Å². The summed E-state index contributed by atoms with van der Waals surface area (Å²) in [6.45, 7) is 7.82. The average Bonchev–Trinajstić information content (AvgIpc) is 2.96. The number of hydrogen-bond acceptors (Lipinski definition) is 6. The molecule has 0 bridgehead atoms. The van der Waals surface area contributed by atoms with Gasteiger partial charge in [0.1, 0.15) is 0 Å². The maximum absolute atomic E-state index is 12.2. The summed E-state index contributed by atoms with van der Waals surface area (Å²) in [4.78, 5) is 12.2. The first-order chi connectivity index (χ1) is 10.6. The van der Waals surface area contributed by atoms with E-state index in [2.05, 4.69) is 36.3 Å². The maximum Gasteiger partial charge on any atom is 0.257 e. The van der Waals surface area contributed by atoms with E-state index < -0.39 is 9.84 Å². The van der Waals surface area contributed by atoms with Crippen molar-refractivity contribution >= 4 is 32.2 Å². The Hall–Kier alpha value is -1.80. The van der Waals surface area contributed by atoms with Crippen molar-refractivity contribution in [3.05, 3.63) is 35.4 Å². The lowest BCUT2D eigenvalue weighted by atomic mass is 9.87. The van der Waals surface area contributed by atoms with Crippen molar-refractivity contribution in [1.82, 2.24) is 10.2 Å². The summed E-state index contributed by atoms with van der Waals surface area (Å²) in [5.74, 6) is -0.397. The lowest BCUT2D eigenvalue weighted by molar-refractivity contribution is 0.102. The molecule has 0 radical (unpaired) electrons. The van der Waals surface area contributed by atoms with Gasteiger partial charge in [0.2, 0.25) is 19.3 Å². The Morgan fingerprint density at radius 1 is 1.17 bits per heavy atom. The molecule has 0 aliphatic rings. The quantitative estimate of drug-likeness (QED) is 0.854. The Morgan fingerprint density at radius 2 is 1.78 bits per heavy atom. The average molecular weight is 353 g/mol. The number of nitrogens with one attached hydrogen (secondary N) is 1. The topological polar surface area (TPSA) is 89.0 Å². The molecule has 1 amide bonds. The molecule has 0 aliphatic carbocycles. The van der Waals surface area contributed by atoms with Crippen LogP contribution in [-0.4, -0.2) is 30.3 Å². The molecule has 2 aromatic rings. The van der Waals surface area contributed by atoms with Crippen molar-refractivity contribution in [3.8, 4) is 0 Å². The Balaban J connectivity index is 2.14. The van der Waals surface area contributed by atoms with Crippen molar-refractivity contribution in [2.45, 2.75) is 37.4 Å². The van der Waals surface area contributed by atoms with Gasteiger partial charge in [-0.1, -0.05) is 51.2 Å². The first kappa shape index (κ1) is 17.6. The van der Waals surface area contributed by atoms with Crippen molar-refractivity contribution in [2.75, 3.05) is 11.1 Å². The van der Waals surface area contributed by atoms with Crippen LogP contribution >= 0.6 is 11.3 Å². The third kappa shape index (κ3) is 4.14. The first-order valence-electron chi connectivity index (χ1n) is 7.11. The van der Waals surface area contributed by atoms with Crippen molar-refractivity contribution in [3.63, 3.8) is 0 Å². The van der Waals surface area contributed by atoms with Gasteiger partial charge in [-0.3, -0.25) is 10.1 Å². The molecular formula is C15H19N3O3S2. The van der Waals surface area contributed by atoms with Crippen LogP contribution in [0.5, 0.6) is 0 Å². The summed E-state index contributed by atoms with van der Waals surface area (Å²) in [7, 11) is -3.41. The normalized spacial score (nSPS) is 12.2. The van der Waals surface area contributed by atoms with Gasteiger partial charge in [-0.2, -0.15) is 0 Å². The summed E-state index contributed by atoms with van der Waals surface area (Å²) in [5, 5.41) is 10.1.